The van der Waals surface area contributed by atoms with Crippen molar-refractivity contribution < 1.29 is 4.79 Å². The molecular weight excluding hydrogens is 342 g/mol. The number of aryl methyl sites for hydroxylation is 1. The molecule has 2 aromatic heterocycles. The highest BCUT2D eigenvalue weighted by Gasteiger charge is 2.13. The molecule has 0 aliphatic heterocycles. The molecule has 26 heavy (non-hydrogen) atoms. The lowest BCUT2D eigenvalue weighted by molar-refractivity contribution is -0.121. The molecule has 4 rings (SSSR count). The van der Waals surface area contributed by atoms with Gasteiger partial charge in [-0.1, -0.05) is 36.4 Å². The number of carbonyl (C=O) groups excluding carboxylic acids is 1. The number of hydrogen-bond donors (Lipinski definition) is 1. The van der Waals surface area contributed by atoms with Crippen LogP contribution in [-0.4, -0.2) is 15.5 Å². The fourth-order valence-corrected chi connectivity index (χ4v) is 3.67. The largest absolute Gasteiger partial charge is 0.351 e. The van der Waals surface area contributed by atoms with Crippen LogP contribution in [0.25, 0.3) is 16.7 Å². The number of thiophene rings is 1. The summed E-state index contributed by atoms with van der Waals surface area (Å²) in [5.41, 5.74) is 3.08. The van der Waals surface area contributed by atoms with Crippen molar-refractivity contribution in [1.82, 2.24) is 14.9 Å². The molecule has 2 heterocycles. The number of carbonyl (C=O) groups is 1. The maximum Gasteiger partial charge on any atom is 0.220 e. The van der Waals surface area contributed by atoms with E-state index in [9.17, 15) is 4.79 Å². The lowest BCUT2D eigenvalue weighted by atomic mass is 10.2. The van der Waals surface area contributed by atoms with Crippen LogP contribution in [-0.2, 0) is 17.8 Å². The van der Waals surface area contributed by atoms with Gasteiger partial charge in [0.05, 0.1) is 17.6 Å². The average molecular weight is 361 g/mol. The quantitative estimate of drug-likeness (QED) is 0.555. The third kappa shape index (κ3) is 3.53. The third-order valence-corrected chi connectivity index (χ3v) is 5.14. The maximum absolute atomic E-state index is 12.2. The second-order valence-electron chi connectivity index (χ2n) is 6.04. The Labute approximate surface area is 156 Å². The van der Waals surface area contributed by atoms with E-state index < -0.39 is 0 Å². The molecule has 0 unspecified atom stereocenters. The van der Waals surface area contributed by atoms with Crippen LogP contribution in [0.15, 0.2) is 72.1 Å². The minimum atomic E-state index is 0.0464. The number of benzene rings is 2. The Balaban J connectivity index is 1.53. The Kier molecular flexibility index (Phi) is 4.80. The number of rotatable bonds is 6. The molecule has 0 bridgehead atoms. The molecule has 0 saturated carbocycles. The van der Waals surface area contributed by atoms with E-state index in [4.69, 9.17) is 4.98 Å². The first kappa shape index (κ1) is 16.5. The molecule has 1 N–H and O–H groups in total. The zero-order valence-corrected chi connectivity index (χ0v) is 15.1. The van der Waals surface area contributed by atoms with Crippen LogP contribution in [0.4, 0.5) is 0 Å². The summed E-state index contributed by atoms with van der Waals surface area (Å²) < 4.78 is 2.14. The van der Waals surface area contributed by atoms with Gasteiger partial charge in [-0.15, -0.1) is 11.3 Å². The Bertz CT molecular complexity index is 1010. The molecule has 0 atom stereocenters. The summed E-state index contributed by atoms with van der Waals surface area (Å²) in [7, 11) is 0. The highest BCUT2D eigenvalue weighted by molar-refractivity contribution is 7.09. The molecule has 0 spiro atoms. The summed E-state index contributed by atoms with van der Waals surface area (Å²) in [5, 5.41) is 5.00. The van der Waals surface area contributed by atoms with Gasteiger partial charge in [0.15, 0.2) is 0 Å². The zero-order valence-electron chi connectivity index (χ0n) is 14.3. The number of fused-ring (bicyclic) bond motifs is 1. The molecule has 2 aromatic carbocycles. The van der Waals surface area contributed by atoms with Crippen molar-refractivity contribution in [3.05, 3.63) is 82.8 Å². The van der Waals surface area contributed by atoms with Crippen molar-refractivity contribution in [1.29, 1.82) is 0 Å². The van der Waals surface area contributed by atoms with E-state index >= 15 is 0 Å². The second-order valence-corrected chi connectivity index (χ2v) is 7.08. The first-order valence-corrected chi connectivity index (χ1v) is 9.50. The minimum absolute atomic E-state index is 0.0464. The molecule has 0 saturated heterocycles. The van der Waals surface area contributed by atoms with E-state index in [0.29, 0.717) is 19.4 Å². The molecular formula is C21H19N3OS. The van der Waals surface area contributed by atoms with Crippen LogP contribution in [0.5, 0.6) is 0 Å². The Morgan fingerprint density at radius 3 is 2.62 bits per heavy atom. The summed E-state index contributed by atoms with van der Waals surface area (Å²) in [6.45, 7) is 0.589. The first-order valence-electron chi connectivity index (χ1n) is 8.62. The number of para-hydroxylation sites is 3. The van der Waals surface area contributed by atoms with Crippen molar-refractivity contribution in [2.24, 2.45) is 0 Å². The number of aromatic nitrogens is 2. The molecule has 4 aromatic rings. The van der Waals surface area contributed by atoms with Crippen molar-refractivity contribution in [3.63, 3.8) is 0 Å². The summed E-state index contributed by atoms with van der Waals surface area (Å²) >= 11 is 1.65. The molecule has 1 amide bonds. The molecule has 0 aliphatic rings. The van der Waals surface area contributed by atoms with E-state index in [-0.39, 0.29) is 5.91 Å². The van der Waals surface area contributed by atoms with E-state index in [2.05, 4.69) is 28.1 Å². The predicted molar refractivity (Wildman–Crippen MR) is 106 cm³/mol. The Morgan fingerprint density at radius 2 is 1.81 bits per heavy atom. The zero-order chi connectivity index (χ0) is 17.8. The second kappa shape index (κ2) is 7.54. The van der Waals surface area contributed by atoms with Gasteiger partial charge in [-0.05, 0) is 35.7 Å². The smallest absolute Gasteiger partial charge is 0.220 e. The normalized spacial score (nSPS) is 10.9. The van der Waals surface area contributed by atoms with Gasteiger partial charge in [-0.25, -0.2) is 4.98 Å². The van der Waals surface area contributed by atoms with Crippen LogP contribution >= 0.6 is 11.3 Å². The number of amides is 1. The maximum atomic E-state index is 12.2. The van der Waals surface area contributed by atoms with Crippen molar-refractivity contribution in [2.45, 2.75) is 19.4 Å². The van der Waals surface area contributed by atoms with Crippen LogP contribution in [0.3, 0.4) is 0 Å². The lowest BCUT2D eigenvalue weighted by Gasteiger charge is -2.09. The molecule has 0 radical (unpaired) electrons. The van der Waals surface area contributed by atoms with Gasteiger partial charge in [0, 0.05) is 23.4 Å². The van der Waals surface area contributed by atoms with Crippen LogP contribution in [0, 0.1) is 0 Å². The lowest BCUT2D eigenvalue weighted by Crippen LogP contribution is -2.23. The van der Waals surface area contributed by atoms with Crippen molar-refractivity contribution in [3.8, 4) is 5.69 Å². The molecule has 0 aliphatic carbocycles. The Hall–Kier alpha value is -2.92. The SMILES string of the molecule is O=C(CCc1nc2ccccc2n1-c1ccccc1)NCc1cccs1. The van der Waals surface area contributed by atoms with Crippen LogP contribution < -0.4 is 5.32 Å². The molecule has 5 heteroatoms. The highest BCUT2D eigenvalue weighted by Crippen LogP contribution is 2.22. The van der Waals surface area contributed by atoms with Crippen LogP contribution in [0.1, 0.15) is 17.1 Å². The fourth-order valence-electron chi connectivity index (χ4n) is 3.02. The fraction of sp³-hybridized carbons (Fsp3) is 0.143. The predicted octanol–water partition coefficient (Wildman–Crippen LogP) is 4.34. The topological polar surface area (TPSA) is 46.9 Å². The van der Waals surface area contributed by atoms with Gasteiger partial charge in [-0.3, -0.25) is 9.36 Å². The van der Waals surface area contributed by atoms with E-state index in [0.717, 1.165) is 27.4 Å². The first-order chi connectivity index (χ1) is 12.8. The summed E-state index contributed by atoms with van der Waals surface area (Å²) in [5.74, 6) is 0.953. The van der Waals surface area contributed by atoms with Crippen molar-refractivity contribution in [2.75, 3.05) is 0 Å². The summed E-state index contributed by atoms with van der Waals surface area (Å²) in [6.07, 6.45) is 1.02. The average Bonchev–Trinajstić information content (AvgIpc) is 3.32. The highest BCUT2D eigenvalue weighted by atomic mass is 32.1. The Morgan fingerprint density at radius 1 is 1.00 bits per heavy atom. The number of imidazole rings is 1. The van der Waals surface area contributed by atoms with Gasteiger partial charge in [-0.2, -0.15) is 0 Å². The summed E-state index contributed by atoms with van der Waals surface area (Å²) in [6, 6.07) is 22.3. The number of nitrogens with zero attached hydrogens (tertiary/aromatic N) is 2. The minimum Gasteiger partial charge on any atom is -0.351 e. The van der Waals surface area contributed by atoms with Gasteiger partial charge < -0.3 is 5.32 Å². The third-order valence-electron chi connectivity index (χ3n) is 4.26. The van der Waals surface area contributed by atoms with Gasteiger partial charge in [0.1, 0.15) is 5.82 Å². The van der Waals surface area contributed by atoms with Crippen LogP contribution in [0.2, 0.25) is 0 Å². The standard InChI is InChI=1S/C21H19N3OS/c25-21(22-15-17-9-6-14-26-17)13-12-20-23-18-10-4-5-11-19(18)24(20)16-7-2-1-3-8-16/h1-11,14H,12-13,15H2,(H,22,25). The van der Waals surface area contributed by atoms with Crippen molar-refractivity contribution >= 4 is 28.3 Å². The van der Waals surface area contributed by atoms with E-state index in [1.54, 1.807) is 11.3 Å². The van der Waals surface area contributed by atoms with E-state index in [1.807, 2.05) is 53.9 Å². The summed E-state index contributed by atoms with van der Waals surface area (Å²) in [4.78, 5) is 18.1. The van der Waals surface area contributed by atoms with Gasteiger partial charge in [0.2, 0.25) is 5.91 Å². The molecule has 0 fully saturated rings. The van der Waals surface area contributed by atoms with Gasteiger partial charge in [0.25, 0.3) is 0 Å². The molecule has 130 valence electrons. The monoisotopic (exact) mass is 361 g/mol. The number of nitrogens with one attached hydrogen (secondary N) is 1. The van der Waals surface area contributed by atoms with Gasteiger partial charge >= 0.3 is 0 Å². The molecule has 4 nitrogen and oxygen atoms in total. The van der Waals surface area contributed by atoms with E-state index in [1.165, 1.54) is 0 Å². The number of hydrogen-bond acceptors (Lipinski definition) is 3.